The molecular weight excluding hydrogens is 450 g/mol. The predicted octanol–water partition coefficient (Wildman–Crippen LogP) is 5.41. The highest BCUT2D eigenvalue weighted by Gasteiger charge is 2.26. The SMILES string of the molecule is CCc1ccc(NC(=O)C(CC)n2cnc3sc(C(=O)OC4CCCCC4)c(C)c3c2=O)cc1. The second-order valence-electron chi connectivity index (χ2n) is 8.82. The molecule has 1 fully saturated rings. The lowest BCUT2D eigenvalue weighted by Gasteiger charge is -2.21. The number of carbonyl (C=O) groups is 2. The number of ether oxygens (including phenoxy) is 1. The lowest BCUT2D eigenvalue weighted by molar-refractivity contribution is -0.119. The Balaban J connectivity index is 1.59. The molecule has 2 heterocycles. The van der Waals surface area contributed by atoms with Crippen molar-refractivity contribution in [1.29, 1.82) is 0 Å². The first-order chi connectivity index (χ1) is 16.4. The van der Waals surface area contributed by atoms with E-state index in [1.165, 1.54) is 34.2 Å². The first-order valence-electron chi connectivity index (χ1n) is 12.0. The molecule has 1 aromatic carbocycles. The molecule has 0 radical (unpaired) electrons. The average molecular weight is 482 g/mol. The van der Waals surface area contributed by atoms with Gasteiger partial charge < -0.3 is 10.1 Å². The van der Waals surface area contributed by atoms with E-state index in [-0.39, 0.29) is 17.6 Å². The van der Waals surface area contributed by atoms with Gasteiger partial charge in [0.05, 0.1) is 11.7 Å². The second kappa shape index (κ2) is 10.5. The van der Waals surface area contributed by atoms with Crippen molar-refractivity contribution < 1.29 is 14.3 Å². The fraction of sp³-hybridized carbons (Fsp3) is 0.462. The van der Waals surface area contributed by atoms with E-state index in [9.17, 15) is 14.4 Å². The number of amides is 1. The molecule has 1 N–H and O–H groups in total. The van der Waals surface area contributed by atoms with Crippen molar-refractivity contribution in [1.82, 2.24) is 9.55 Å². The third kappa shape index (κ3) is 4.92. The fourth-order valence-electron chi connectivity index (χ4n) is 4.50. The molecule has 7 nitrogen and oxygen atoms in total. The highest BCUT2D eigenvalue weighted by atomic mass is 32.1. The van der Waals surface area contributed by atoms with Crippen LogP contribution >= 0.6 is 11.3 Å². The lowest BCUT2D eigenvalue weighted by Crippen LogP contribution is -2.33. The summed E-state index contributed by atoms with van der Waals surface area (Å²) in [6.07, 6.45) is 7.77. The van der Waals surface area contributed by atoms with E-state index < -0.39 is 12.0 Å². The molecule has 4 rings (SSSR count). The Hall–Kier alpha value is -3.00. The Morgan fingerprint density at radius 2 is 1.88 bits per heavy atom. The summed E-state index contributed by atoms with van der Waals surface area (Å²) in [5.74, 6) is -0.668. The molecule has 34 heavy (non-hydrogen) atoms. The van der Waals surface area contributed by atoms with Crippen molar-refractivity contribution in [3.63, 3.8) is 0 Å². The Labute approximate surface area is 203 Å². The maximum Gasteiger partial charge on any atom is 0.348 e. The molecule has 0 bridgehead atoms. The molecule has 0 aliphatic heterocycles. The minimum Gasteiger partial charge on any atom is -0.458 e. The number of aromatic nitrogens is 2. The van der Waals surface area contributed by atoms with Crippen LogP contribution in [0, 0.1) is 6.92 Å². The first-order valence-corrected chi connectivity index (χ1v) is 12.9. The fourth-order valence-corrected chi connectivity index (χ4v) is 5.52. The molecule has 0 spiro atoms. The molecule has 1 atom stereocenters. The van der Waals surface area contributed by atoms with Gasteiger partial charge in [-0.25, -0.2) is 9.78 Å². The van der Waals surface area contributed by atoms with Gasteiger partial charge in [0.1, 0.15) is 21.9 Å². The minimum absolute atomic E-state index is 0.0601. The summed E-state index contributed by atoms with van der Waals surface area (Å²) in [4.78, 5) is 44.6. The van der Waals surface area contributed by atoms with Crippen LogP contribution in [0.15, 0.2) is 35.4 Å². The Morgan fingerprint density at radius 1 is 1.18 bits per heavy atom. The highest BCUT2D eigenvalue weighted by molar-refractivity contribution is 7.20. The van der Waals surface area contributed by atoms with E-state index in [4.69, 9.17) is 4.74 Å². The third-order valence-electron chi connectivity index (χ3n) is 6.54. The summed E-state index contributed by atoms with van der Waals surface area (Å²) in [5, 5.41) is 3.28. The number of aryl methyl sites for hydroxylation is 2. The van der Waals surface area contributed by atoms with Gasteiger partial charge in [-0.15, -0.1) is 11.3 Å². The van der Waals surface area contributed by atoms with Crippen molar-refractivity contribution in [2.45, 2.75) is 77.9 Å². The number of thiophene rings is 1. The zero-order valence-electron chi connectivity index (χ0n) is 19.9. The normalized spacial score (nSPS) is 15.3. The van der Waals surface area contributed by atoms with Crippen LogP contribution in [0.25, 0.3) is 10.2 Å². The average Bonchev–Trinajstić information content (AvgIpc) is 3.19. The van der Waals surface area contributed by atoms with Crippen LogP contribution in [0.2, 0.25) is 0 Å². The number of hydrogen-bond donors (Lipinski definition) is 1. The zero-order chi connectivity index (χ0) is 24.2. The third-order valence-corrected chi connectivity index (χ3v) is 7.72. The number of nitrogens with one attached hydrogen (secondary N) is 1. The van der Waals surface area contributed by atoms with Gasteiger partial charge in [0.25, 0.3) is 5.56 Å². The number of esters is 1. The van der Waals surface area contributed by atoms with E-state index >= 15 is 0 Å². The molecule has 8 heteroatoms. The Kier molecular flexibility index (Phi) is 7.46. The maximum absolute atomic E-state index is 13.4. The van der Waals surface area contributed by atoms with Crippen LogP contribution < -0.4 is 10.9 Å². The smallest absolute Gasteiger partial charge is 0.348 e. The molecule has 180 valence electrons. The van der Waals surface area contributed by atoms with Gasteiger partial charge >= 0.3 is 5.97 Å². The van der Waals surface area contributed by atoms with E-state index in [1.54, 1.807) is 6.92 Å². The van der Waals surface area contributed by atoms with Crippen molar-refractivity contribution in [3.8, 4) is 0 Å². The summed E-state index contributed by atoms with van der Waals surface area (Å²) in [6.45, 7) is 5.68. The van der Waals surface area contributed by atoms with E-state index in [0.29, 0.717) is 32.8 Å². The monoisotopic (exact) mass is 481 g/mol. The van der Waals surface area contributed by atoms with Crippen molar-refractivity contribution in [2.75, 3.05) is 5.32 Å². The van der Waals surface area contributed by atoms with Crippen LogP contribution in [-0.2, 0) is 16.0 Å². The minimum atomic E-state index is -0.716. The molecule has 1 aliphatic rings. The summed E-state index contributed by atoms with van der Waals surface area (Å²) in [5.41, 5.74) is 2.11. The molecular formula is C26H31N3O4S. The van der Waals surface area contributed by atoms with Crippen LogP contribution in [0.4, 0.5) is 5.69 Å². The van der Waals surface area contributed by atoms with Gasteiger partial charge in [0, 0.05) is 5.69 Å². The van der Waals surface area contributed by atoms with E-state index in [0.717, 1.165) is 32.1 Å². The summed E-state index contributed by atoms with van der Waals surface area (Å²) in [7, 11) is 0. The zero-order valence-corrected chi connectivity index (χ0v) is 20.7. The van der Waals surface area contributed by atoms with Gasteiger partial charge in [-0.1, -0.05) is 32.4 Å². The molecule has 0 saturated heterocycles. The van der Waals surface area contributed by atoms with Gasteiger partial charge in [0.2, 0.25) is 5.91 Å². The number of carbonyl (C=O) groups excluding carboxylic acids is 2. The molecule has 1 unspecified atom stereocenters. The lowest BCUT2D eigenvalue weighted by atomic mass is 9.98. The van der Waals surface area contributed by atoms with Crippen molar-refractivity contribution in [2.24, 2.45) is 0 Å². The quantitative estimate of drug-likeness (QED) is 0.456. The van der Waals surface area contributed by atoms with Gasteiger partial charge in [-0.3, -0.25) is 14.2 Å². The Morgan fingerprint density at radius 3 is 2.53 bits per heavy atom. The largest absolute Gasteiger partial charge is 0.458 e. The highest BCUT2D eigenvalue weighted by Crippen LogP contribution is 2.30. The van der Waals surface area contributed by atoms with E-state index in [2.05, 4.69) is 17.2 Å². The van der Waals surface area contributed by atoms with Gasteiger partial charge in [-0.2, -0.15) is 0 Å². The van der Waals surface area contributed by atoms with Crippen molar-refractivity contribution >= 4 is 39.1 Å². The Bertz CT molecular complexity index is 1240. The number of rotatable bonds is 7. The number of anilines is 1. The molecule has 1 amide bonds. The summed E-state index contributed by atoms with van der Waals surface area (Å²) in [6, 6.07) is 6.95. The van der Waals surface area contributed by atoms with Gasteiger partial charge in [-0.05, 0) is 68.7 Å². The van der Waals surface area contributed by atoms with Gasteiger partial charge in [0.15, 0.2) is 0 Å². The number of benzene rings is 1. The molecule has 2 aromatic heterocycles. The van der Waals surface area contributed by atoms with Crippen molar-refractivity contribution in [3.05, 3.63) is 57.0 Å². The molecule has 3 aromatic rings. The van der Waals surface area contributed by atoms with E-state index in [1.807, 2.05) is 31.2 Å². The molecule has 1 aliphatic carbocycles. The second-order valence-corrected chi connectivity index (χ2v) is 9.82. The number of fused-ring (bicyclic) bond motifs is 1. The topological polar surface area (TPSA) is 90.3 Å². The number of nitrogens with zero attached hydrogens (tertiary/aromatic N) is 2. The molecule has 1 saturated carbocycles. The predicted molar refractivity (Wildman–Crippen MR) is 135 cm³/mol. The standard InChI is InChI=1S/C26H31N3O4S/c1-4-17-11-13-18(14-12-17)28-23(30)20(5-2)29-15-27-24-21(25(29)31)16(3)22(34-24)26(32)33-19-9-7-6-8-10-19/h11-15,19-20H,4-10H2,1-3H3,(H,28,30). The maximum atomic E-state index is 13.4. The van der Waals surface area contributed by atoms with Crippen LogP contribution in [-0.4, -0.2) is 27.5 Å². The van der Waals surface area contributed by atoms with Crippen LogP contribution in [0.5, 0.6) is 0 Å². The first kappa shape index (κ1) is 24.1. The summed E-state index contributed by atoms with van der Waals surface area (Å²) >= 11 is 1.18. The number of hydrogen-bond acceptors (Lipinski definition) is 6. The summed E-state index contributed by atoms with van der Waals surface area (Å²) < 4.78 is 7.09. The van der Waals surface area contributed by atoms with Crippen LogP contribution in [0.3, 0.4) is 0 Å². The van der Waals surface area contributed by atoms with Crippen LogP contribution in [0.1, 0.15) is 79.2 Å².